The Morgan fingerprint density at radius 1 is 1.50 bits per heavy atom. The van der Waals surface area contributed by atoms with Gasteiger partial charge >= 0.3 is 0 Å². The highest BCUT2D eigenvalue weighted by Gasteiger charge is 2.16. The molecular weight excluding hydrogens is 230 g/mol. The Hall–Kier alpha value is -1.56. The molecule has 0 aromatic carbocycles. The number of nitrogens with one attached hydrogen (secondary N) is 2. The van der Waals surface area contributed by atoms with Crippen molar-refractivity contribution < 1.29 is 4.79 Å². The summed E-state index contributed by atoms with van der Waals surface area (Å²) in [4.78, 5) is 14.2. The van der Waals surface area contributed by atoms with Gasteiger partial charge in [0.25, 0.3) is 5.91 Å². The summed E-state index contributed by atoms with van der Waals surface area (Å²) in [6.07, 6.45) is 3.28. The van der Waals surface area contributed by atoms with E-state index in [-0.39, 0.29) is 5.91 Å². The Balaban J connectivity index is 1.81. The zero-order valence-electron chi connectivity index (χ0n) is 10.8. The number of likely N-dealkylation sites (tertiary alicyclic amines) is 1. The second-order valence-corrected chi connectivity index (χ2v) is 4.62. The van der Waals surface area contributed by atoms with Gasteiger partial charge in [-0.15, -0.1) is 0 Å². The summed E-state index contributed by atoms with van der Waals surface area (Å²) in [6.45, 7) is 5.79. The van der Waals surface area contributed by atoms with Crippen molar-refractivity contribution in [1.29, 1.82) is 0 Å². The average Bonchev–Trinajstić information content (AvgIpc) is 2.98. The van der Waals surface area contributed by atoms with Crippen LogP contribution in [0.15, 0.2) is 0 Å². The Labute approximate surface area is 107 Å². The molecule has 1 aliphatic heterocycles. The summed E-state index contributed by atoms with van der Waals surface area (Å²) in [5.41, 5.74) is 7.44. The molecule has 0 unspecified atom stereocenters. The van der Waals surface area contributed by atoms with Gasteiger partial charge in [0.1, 0.15) is 0 Å². The second kappa shape index (κ2) is 5.86. The number of carbonyl (C=O) groups excluding carboxylic acids is 1. The number of carbonyl (C=O) groups is 1. The molecule has 2 heterocycles. The van der Waals surface area contributed by atoms with Crippen molar-refractivity contribution in [1.82, 2.24) is 20.4 Å². The van der Waals surface area contributed by atoms with Crippen LogP contribution in [0.25, 0.3) is 0 Å². The molecular formula is C12H21N5O. The molecule has 1 fully saturated rings. The predicted molar refractivity (Wildman–Crippen MR) is 70.4 cm³/mol. The lowest BCUT2D eigenvalue weighted by Crippen LogP contribution is -2.33. The van der Waals surface area contributed by atoms with Gasteiger partial charge in [-0.25, -0.2) is 0 Å². The molecule has 4 N–H and O–H groups in total. The van der Waals surface area contributed by atoms with Crippen LogP contribution in [-0.4, -0.2) is 47.2 Å². The zero-order chi connectivity index (χ0) is 13.0. The molecule has 1 aromatic heterocycles. The van der Waals surface area contributed by atoms with Gasteiger partial charge in [-0.05, 0) is 32.4 Å². The van der Waals surface area contributed by atoms with E-state index in [0.717, 1.165) is 31.7 Å². The third kappa shape index (κ3) is 2.81. The number of amides is 1. The van der Waals surface area contributed by atoms with Crippen LogP contribution < -0.4 is 11.1 Å². The van der Waals surface area contributed by atoms with Crippen molar-refractivity contribution in [3.8, 4) is 0 Å². The highest BCUT2D eigenvalue weighted by Crippen LogP contribution is 2.13. The number of nitrogens with two attached hydrogens (primary N) is 1. The summed E-state index contributed by atoms with van der Waals surface area (Å²) < 4.78 is 0. The summed E-state index contributed by atoms with van der Waals surface area (Å²) >= 11 is 0. The van der Waals surface area contributed by atoms with Crippen molar-refractivity contribution in [3.63, 3.8) is 0 Å². The summed E-state index contributed by atoms with van der Waals surface area (Å²) in [7, 11) is 0. The minimum atomic E-state index is -0.192. The first kappa shape index (κ1) is 12.9. The maximum absolute atomic E-state index is 11.9. The Bertz CT molecular complexity index is 409. The van der Waals surface area contributed by atoms with Gasteiger partial charge in [-0.3, -0.25) is 9.89 Å². The number of hydrogen-bond acceptors (Lipinski definition) is 4. The summed E-state index contributed by atoms with van der Waals surface area (Å²) in [5, 5.41) is 9.61. The SMILES string of the molecule is CCc1[nH]nc(C(=O)NCCN2CCCC2)c1N. The molecule has 1 aliphatic rings. The van der Waals surface area contributed by atoms with Crippen molar-refractivity contribution in [2.45, 2.75) is 26.2 Å². The van der Waals surface area contributed by atoms with Gasteiger partial charge in [0.05, 0.1) is 11.4 Å². The quantitative estimate of drug-likeness (QED) is 0.706. The van der Waals surface area contributed by atoms with Gasteiger partial charge in [-0.1, -0.05) is 6.92 Å². The van der Waals surface area contributed by atoms with Crippen LogP contribution in [0.5, 0.6) is 0 Å². The van der Waals surface area contributed by atoms with Crippen molar-refractivity contribution in [3.05, 3.63) is 11.4 Å². The molecule has 1 amide bonds. The molecule has 6 nitrogen and oxygen atoms in total. The zero-order valence-corrected chi connectivity index (χ0v) is 10.8. The van der Waals surface area contributed by atoms with Crippen molar-refractivity contribution in [2.24, 2.45) is 0 Å². The van der Waals surface area contributed by atoms with Crippen molar-refractivity contribution >= 4 is 11.6 Å². The number of rotatable bonds is 5. The topological polar surface area (TPSA) is 87.0 Å². The van der Waals surface area contributed by atoms with Crippen LogP contribution in [0.3, 0.4) is 0 Å². The van der Waals surface area contributed by atoms with Crippen molar-refractivity contribution in [2.75, 3.05) is 31.9 Å². The number of hydrogen-bond donors (Lipinski definition) is 3. The molecule has 2 rings (SSSR count). The first-order valence-electron chi connectivity index (χ1n) is 6.55. The van der Waals surface area contributed by atoms with Crippen LogP contribution >= 0.6 is 0 Å². The lowest BCUT2D eigenvalue weighted by molar-refractivity contribution is 0.0945. The molecule has 18 heavy (non-hydrogen) atoms. The minimum absolute atomic E-state index is 0.192. The maximum Gasteiger partial charge on any atom is 0.273 e. The number of nitrogen functional groups attached to an aromatic ring is 1. The molecule has 0 saturated carbocycles. The van der Waals surface area contributed by atoms with Crippen LogP contribution in [0, 0.1) is 0 Å². The lowest BCUT2D eigenvalue weighted by Gasteiger charge is -2.14. The lowest BCUT2D eigenvalue weighted by atomic mass is 10.2. The number of nitrogens with zero attached hydrogens (tertiary/aromatic N) is 2. The molecule has 1 saturated heterocycles. The van der Waals surface area contributed by atoms with E-state index in [1.807, 2.05) is 6.92 Å². The Kier molecular flexibility index (Phi) is 4.19. The van der Waals surface area contributed by atoms with E-state index >= 15 is 0 Å². The normalized spacial score (nSPS) is 16.1. The van der Waals surface area contributed by atoms with E-state index in [4.69, 9.17) is 5.73 Å². The van der Waals surface area contributed by atoms with Gasteiger partial charge < -0.3 is 16.0 Å². The minimum Gasteiger partial charge on any atom is -0.395 e. The predicted octanol–water partition coefficient (Wildman–Crippen LogP) is 0.380. The summed E-state index contributed by atoms with van der Waals surface area (Å²) in [6, 6.07) is 0. The van der Waals surface area contributed by atoms with Gasteiger partial charge in [-0.2, -0.15) is 5.10 Å². The van der Waals surface area contributed by atoms with Crippen LogP contribution in [0.1, 0.15) is 35.9 Å². The fourth-order valence-electron chi connectivity index (χ4n) is 2.25. The average molecular weight is 251 g/mol. The fraction of sp³-hybridized carbons (Fsp3) is 0.667. The standard InChI is InChI=1S/C12H21N5O/c1-2-9-10(13)11(16-15-9)12(18)14-5-8-17-6-3-4-7-17/h2-8,13H2,1H3,(H,14,18)(H,15,16). The van der Waals surface area contributed by atoms with E-state index in [1.165, 1.54) is 12.8 Å². The molecule has 100 valence electrons. The number of aromatic amines is 1. The molecule has 0 spiro atoms. The first-order chi connectivity index (χ1) is 8.72. The first-order valence-corrected chi connectivity index (χ1v) is 6.55. The Morgan fingerprint density at radius 3 is 2.83 bits per heavy atom. The van der Waals surface area contributed by atoms with E-state index in [1.54, 1.807) is 0 Å². The van der Waals surface area contributed by atoms with Crippen LogP contribution in [0.2, 0.25) is 0 Å². The van der Waals surface area contributed by atoms with E-state index in [0.29, 0.717) is 17.9 Å². The third-order valence-electron chi connectivity index (χ3n) is 3.36. The van der Waals surface area contributed by atoms with E-state index in [2.05, 4.69) is 20.4 Å². The van der Waals surface area contributed by atoms with Gasteiger partial charge in [0.15, 0.2) is 5.69 Å². The molecule has 0 bridgehead atoms. The number of aryl methyl sites for hydroxylation is 1. The number of H-pyrrole nitrogens is 1. The molecule has 1 aromatic rings. The van der Waals surface area contributed by atoms with Crippen LogP contribution in [-0.2, 0) is 6.42 Å². The highest BCUT2D eigenvalue weighted by molar-refractivity contribution is 5.97. The van der Waals surface area contributed by atoms with Gasteiger partial charge in [0.2, 0.25) is 0 Å². The molecule has 6 heteroatoms. The Morgan fingerprint density at radius 2 is 2.22 bits per heavy atom. The molecule has 0 radical (unpaired) electrons. The monoisotopic (exact) mass is 251 g/mol. The van der Waals surface area contributed by atoms with Gasteiger partial charge in [0, 0.05) is 13.1 Å². The third-order valence-corrected chi connectivity index (χ3v) is 3.36. The smallest absolute Gasteiger partial charge is 0.273 e. The second-order valence-electron chi connectivity index (χ2n) is 4.62. The van der Waals surface area contributed by atoms with E-state index in [9.17, 15) is 4.79 Å². The number of aromatic nitrogens is 2. The maximum atomic E-state index is 11.9. The van der Waals surface area contributed by atoms with E-state index < -0.39 is 0 Å². The largest absolute Gasteiger partial charge is 0.395 e. The molecule has 0 aliphatic carbocycles. The number of anilines is 1. The fourth-order valence-corrected chi connectivity index (χ4v) is 2.25. The highest BCUT2D eigenvalue weighted by atomic mass is 16.1. The van der Waals surface area contributed by atoms with Crippen LogP contribution in [0.4, 0.5) is 5.69 Å². The molecule has 0 atom stereocenters. The summed E-state index contributed by atoms with van der Waals surface area (Å²) in [5.74, 6) is -0.192.